The van der Waals surface area contributed by atoms with E-state index < -0.39 is 46.9 Å². The van der Waals surface area contributed by atoms with Gasteiger partial charge >= 0.3 is 5.97 Å². The number of aromatic carboxylic acids is 1. The average molecular weight is 600 g/mol. The van der Waals surface area contributed by atoms with Crippen molar-refractivity contribution in [2.24, 2.45) is 5.41 Å². The first kappa shape index (κ1) is 30.4. The smallest absolute Gasteiger partial charge is 0.335 e. The molecule has 3 aromatic rings. The highest BCUT2D eigenvalue weighted by atomic mass is 35.5. The molecule has 0 spiro atoms. The number of hydrogen-bond acceptors (Lipinski definition) is 4. The fourth-order valence-corrected chi connectivity index (χ4v) is 6.01. The van der Waals surface area contributed by atoms with Crippen molar-refractivity contribution in [3.8, 4) is 6.07 Å². The maximum atomic E-state index is 15.7. The maximum absolute atomic E-state index is 15.7. The maximum Gasteiger partial charge on any atom is 0.335 e. The van der Waals surface area contributed by atoms with E-state index in [2.05, 4.69) is 16.7 Å². The lowest BCUT2D eigenvalue weighted by molar-refractivity contribution is -0.123. The van der Waals surface area contributed by atoms with Crippen LogP contribution in [0, 0.1) is 28.4 Å². The Morgan fingerprint density at radius 1 is 1.10 bits per heavy atom. The van der Waals surface area contributed by atoms with Crippen LogP contribution in [0.4, 0.5) is 8.78 Å². The topological polar surface area (TPSA) is 102 Å². The van der Waals surface area contributed by atoms with Crippen molar-refractivity contribution in [3.63, 3.8) is 0 Å². The number of nitrogens with one attached hydrogen (secondary N) is 2. The molecule has 1 saturated heterocycles. The zero-order valence-corrected chi connectivity index (χ0v) is 24.2. The second kappa shape index (κ2) is 11.8. The van der Waals surface area contributed by atoms with Crippen LogP contribution in [0.2, 0.25) is 10.0 Å². The molecule has 214 valence electrons. The number of hydrogen-bond donors (Lipinski definition) is 3. The van der Waals surface area contributed by atoms with Gasteiger partial charge in [0, 0.05) is 29.1 Å². The molecule has 1 amide bonds. The largest absolute Gasteiger partial charge is 0.478 e. The first-order valence-corrected chi connectivity index (χ1v) is 13.7. The number of nitriles is 1. The average Bonchev–Trinajstić information content (AvgIpc) is 3.22. The van der Waals surface area contributed by atoms with Crippen molar-refractivity contribution in [3.05, 3.63) is 105 Å². The molecule has 1 aliphatic heterocycles. The molecule has 3 aromatic carbocycles. The number of amides is 1. The quantitative estimate of drug-likeness (QED) is 0.284. The van der Waals surface area contributed by atoms with Gasteiger partial charge in [0.05, 0.1) is 22.7 Å². The van der Waals surface area contributed by atoms with Crippen molar-refractivity contribution in [1.82, 2.24) is 10.6 Å². The van der Waals surface area contributed by atoms with Crippen LogP contribution in [0.1, 0.15) is 60.2 Å². The molecule has 4 rings (SSSR count). The zero-order valence-electron chi connectivity index (χ0n) is 22.6. The predicted octanol–water partition coefficient (Wildman–Crippen LogP) is 6.61. The first-order valence-electron chi connectivity index (χ1n) is 12.9. The lowest BCUT2D eigenvalue weighted by Crippen LogP contribution is -2.45. The van der Waals surface area contributed by atoms with Crippen LogP contribution in [-0.2, 0) is 16.8 Å². The molecule has 0 aromatic heterocycles. The van der Waals surface area contributed by atoms with Crippen LogP contribution < -0.4 is 10.6 Å². The van der Waals surface area contributed by atoms with Gasteiger partial charge in [-0.1, -0.05) is 74.3 Å². The molecule has 10 heteroatoms. The van der Waals surface area contributed by atoms with E-state index in [0.717, 1.165) is 6.07 Å². The predicted molar refractivity (Wildman–Crippen MR) is 153 cm³/mol. The molecule has 1 heterocycles. The summed E-state index contributed by atoms with van der Waals surface area (Å²) in [6.07, 6.45) is 0.339. The third-order valence-corrected chi connectivity index (χ3v) is 7.90. The van der Waals surface area contributed by atoms with E-state index >= 15 is 8.78 Å². The minimum atomic E-state index is -1.74. The summed E-state index contributed by atoms with van der Waals surface area (Å²) in [6.45, 7) is 5.83. The second-order valence-corrected chi connectivity index (χ2v) is 12.3. The highest BCUT2D eigenvalue weighted by molar-refractivity contribution is 6.31. The molecule has 4 atom stereocenters. The molecular formula is C31H29Cl2F2N3O3. The summed E-state index contributed by atoms with van der Waals surface area (Å²) in [4.78, 5) is 25.2. The van der Waals surface area contributed by atoms with Crippen LogP contribution in [0.15, 0.2) is 60.7 Å². The molecule has 0 saturated carbocycles. The van der Waals surface area contributed by atoms with Gasteiger partial charge in [0.1, 0.15) is 17.0 Å². The summed E-state index contributed by atoms with van der Waals surface area (Å²) in [5.41, 5.74) is -1.54. The number of carboxylic acid groups (broad SMARTS) is 1. The van der Waals surface area contributed by atoms with E-state index in [9.17, 15) is 20.0 Å². The molecule has 1 fully saturated rings. The number of carboxylic acids is 1. The van der Waals surface area contributed by atoms with E-state index in [1.54, 1.807) is 12.1 Å². The lowest BCUT2D eigenvalue weighted by atomic mass is 9.62. The Bertz CT molecular complexity index is 1540. The number of carbonyl (C=O) groups is 2. The van der Waals surface area contributed by atoms with E-state index in [0.29, 0.717) is 12.0 Å². The summed E-state index contributed by atoms with van der Waals surface area (Å²) < 4.78 is 31.4. The number of nitrogens with zero attached hydrogens (tertiary/aromatic N) is 1. The van der Waals surface area contributed by atoms with Gasteiger partial charge in [0.15, 0.2) is 0 Å². The van der Waals surface area contributed by atoms with Crippen molar-refractivity contribution in [2.75, 3.05) is 0 Å². The van der Waals surface area contributed by atoms with Gasteiger partial charge in [0.25, 0.3) is 0 Å². The SMILES string of the molecule is CC(C)(C)CC1NC(C(=O)NCc2cccc(C(=O)O)c2)C(c2cccc(Cl)c2F)C1(C#N)c1ccc(Cl)cc1F. The summed E-state index contributed by atoms with van der Waals surface area (Å²) in [5.74, 6) is -4.43. The first-order chi connectivity index (χ1) is 19.3. The summed E-state index contributed by atoms with van der Waals surface area (Å²) in [5, 5.41) is 26.2. The third kappa shape index (κ3) is 6.08. The monoisotopic (exact) mass is 599 g/mol. The lowest BCUT2D eigenvalue weighted by Gasteiger charge is -2.37. The normalized spacial score (nSPS) is 22.2. The van der Waals surface area contributed by atoms with Crippen molar-refractivity contribution in [2.45, 2.75) is 57.2 Å². The van der Waals surface area contributed by atoms with Gasteiger partial charge in [-0.3, -0.25) is 4.79 Å². The Kier molecular flexibility index (Phi) is 8.74. The van der Waals surface area contributed by atoms with Gasteiger partial charge in [0.2, 0.25) is 5.91 Å². The molecular weight excluding hydrogens is 571 g/mol. The van der Waals surface area contributed by atoms with E-state index in [1.807, 2.05) is 20.8 Å². The standard InChI is InChI=1S/C31H29Cl2F2N3O3/c1-30(2,3)14-24-31(16-36,21-11-10-19(32)13-23(21)34)25(20-8-5-9-22(33)26(20)35)27(38-24)28(39)37-15-17-6-4-7-18(12-17)29(40)41/h4-13,24-25,27,38H,14-15H2,1-3H3,(H,37,39)(H,40,41). The van der Waals surface area contributed by atoms with E-state index in [-0.39, 0.29) is 38.7 Å². The Hall–Kier alpha value is -3.51. The minimum absolute atomic E-state index is 0.00895. The molecule has 4 unspecified atom stereocenters. The van der Waals surface area contributed by atoms with Gasteiger partial charge < -0.3 is 15.7 Å². The van der Waals surface area contributed by atoms with Crippen molar-refractivity contribution in [1.29, 1.82) is 5.26 Å². The Labute approximate surface area is 247 Å². The minimum Gasteiger partial charge on any atom is -0.478 e. The van der Waals surface area contributed by atoms with Crippen molar-refractivity contribution < 1.29 is 23.5 Å². The van der Waals surface area contributed by atoms with Crippen LogP contribution in [0.3, 0.4) is 0 Å². The van der Waals surface area contributed by atoms with Crippen molar-refractivity contribution >= 4 is 35.1 Å². The molecule has 1 aliphatic rings. The molecule has 0 radical (unpaired) electrons. The van der Waals surface area contributed by atoms with Crippen LogP contribution >= 0.6 is 23.2 Å². The molecule has 6 nitrogen and oxygen atoms in total. The fourth-order valence-electron chi connectivity index (χ4n) is 5.67. The van der Waals surface area contributed by atoms with Crippen LogP contribution in [-0.4, -0.2) is 29.1 Å². The summed E-state index contributed by atoms with van der Waals surface area (Å²) in [6, 6.07) is 14.7. The van der Waals surface area contributed by atoms with Gasteiger partial charge in [-0.05, 0) is 53.3 Å². The number of rotatable bonds is 7. The van der Waals surface area contributed by atoms with Gasteiger partial charge in [-0.25, -0.2) is 13.6 Å². The van der Waals surface area contributed by atoms with E-state index in [4.69, 9.17) is 23.2 Å². The zero-order chi connectivity index (χ0) is 30.1. The van der Waals surface area contributed by atoms with Crippen LogP contribution in [0.25, 0.3) is 0 Å². The Morgan fingerprint density at radius 3 is 2.44 bits per heavy atom. The fraction of sp³-hybridized carbons (Fsp3) is 0.323. The third-order valence-electron chi connectivity index (χ3n) is 7.37. The van der Waals surface area contributed by atoms with E-state index in [1.165, 1.54) is 42.5 Å². The van der Waals surface area contributed by atoms with Gasteiger partial charge in [-0.2, -0.15) is 5.26 Å². The van der Waals surface area contributed by atoms with Crippen LogP contribution in [0.5, 0.6) is 0 Å². The number of carbonyl (C=O) groups excluding carboxylic acids is 1. The number of halogens is 4. The molecule has 3 N–H and O–H groups in total. The number of benzene rings is 3. The Morgan fingerprint density at radius 2 is 1.80 bits per heavy atom. The Balaban J connectivity index is 1.87. The second-order valence-electron chi connectivity index (χ2n) is 11.4. The van der Waals surface area contributed by atoms with Gasteiger partial charge in [-0.15, -0.1) is 0 Å². The molecule has 0 bridgehead atoms. The highest BCUT2D eigenvalue weighted by Crippen LogP contribution is 2.52. The summed E-state index contributed by atoms with van der Waals surface area (Å²) >= 11 is 12.2. The highest BCUT2D eigenvalue weighted by Gasteiger charge is 2.61. The molecule has 41 heavy (non-hydrogen) atoms. The molecule has 0 aliphatic carbocycles. The summed E-state index contributed by atoms with van der Waals surface area (Å²) in [7, 11) is 0.